The Hall–Kier alpha value is -4.14. The number of rotatable bonds is 11. The van der Waals surface area contributed by atoms with Gasteiger partial charge < -0.3 is 24.4 Å². The predicted molar refractivity (Wildman–Crippen MR) is 146 cm³/mol. The van der Waals surface area contributed by atoms with E-state index in [4.69, 9.17) is 14.2 Å². The van der Waals surface area contributed by atoms with Crippen LogP contribution in [0.5, 0.6) is 11.5 Å². The van der Waals surface area contributed by atoms with Gasteiger partial charge in [0.2, 0.25) is 0 Å². The number of aliphatic carboxylic acids is 1. The van der Waals surface area contributed by atoms with Gasteiger partial charge in [-0.05, 0) is 65.9 Å². The lowest BCUT2D eigenvalue weighted by molar-refractivity contribution is -0.145. The Morgan fingerprint density at radius 1 is 0.974 bits per heavy atom. The highest BCUT2D eigenvalue weighted by Crippen LogP contribution is 2.33. The van der Waals surface area contributed by atoms with Crippen LogP contribution in [0.4, 0.5) is 0 Å². The van der Waals surface area contributed by atoms with Gasteiger partial charge in [-0.1, -0.05) is 42.5 Å². The van der Waals surface area contributed by atoms with Crippen LogP contribution in [0.1, 0.15) is 39.5 Å². The van der Waals surface area contributed by atoms with Crippen molar-refractivity contribution in [1.82, 2.24) is 5.32 Å². The maximum atomic E-state index is 11.7. The molecule has 0 aliphatic rings. The number of aliphatic hydroxyl groups is 1. The minimum atomic E-state index is -1.50. The molecule has 0 aliphatic carbocycles. The van der Waals surface area contributed by atoms with Gasteiger partial charge in [0.15, 0.2) is 0 Å². The molecule has 38 heavy (non-hydrogen) atoms. The van der Waals surface area contributed by atoms with E-state index < -0.39 is 18.1 Å². The second-order valence-electron chi connectivity index (χ2n) is 8.97. The summed E-state index contributed by atoms with van der Waals surface area (Å²) < 4.78 is 15.9. The monoisotopic (exact) mass is 519 g/mol. The molecular formula is C30H33NO7. The number of carbonyl (C=O) groups excluding carboxylic acids is 1. The normalized spacial score (nSPS) is 12.7. The van der Waals surface area contributed by atoms with Crippen molar-refractivity contribution in [2.24, 2.45) is 0 Å². The number of carboxylic acids is 1. The lowest BCUT2D eigenvalue weighted by Gasteiger charge is -2.25. The Morgan fingerprint density at radius 3 is 2.13 bits per heavy atom. The molecule has 3 aromatic rings. The van der Waals surface area contributed by atoms with Gasteiger partial charge >= 0.3 is 11.9 Å². The van der Waals surface area contributed by atoms with Crippen molar-refractivity contribution in [1.29, 1.82) is 0 Å². The van der Waals surface area contributed by atoms with Crippen LogP contribution in [0.3, 0.4) is 0 Å². The molecule has 0 bridgehead atoms. The summed E-state index contributed by atoms with van der Waals surface area (Å²) in [5, 5.41) is 21.8. The number of carboxylic acid groups (broad SMARTS) is 1. The van der Waals surface area contributed by atoms with Crippen LogP contribution in [-0.2, 0) is 16.1 Å². The van der Waals surface area contributed by atoms with Crippen LogP contribution >= 0.6 is 0 Å². The lowest BCUT2D eigenvalue weighted by Crippen LogP contribution is -2.52. The first kappa shape index (κ1) is 28.4. The van der Waals surface area contributed by atoms with Crippen molar-refractivity contribution in [3.63, 3.8) is 0 Å². The number of hydrogen-bond donors (Lipinski definition) is 3. The van der Waals surface area contributed by atoms with E-state index >= 15 is 0 Å². The molecule has 0 amide bonds. The molecule has 0 fully saturated rings. The highest BCUT2D eigenvalue weighted by atomic mass is 16.5. The summed E-state index contributed by atoms with van der Waals surface area (Å²) in [6, 6.07) is 17.0. The Kier molecular flexibility index (Phi) is 9.28. The van der Waals surface area contributed by atoms with Crippen LogP contribution < -0.4 is 14.8 Å². The standard InChI is InChI=1S/C30H33NO7/c1-19-21(7-6-8-24(19)22-11-13-23(14-12-22)28(33)38-5)10-9-20-15-26(36-3)25(27(16-20)37-4)17-31-30(2,18-32)29(34)35/h6-16,31-32H,17-18H2,1-5H3,(H,34,35)/b10-9+. The fourth-order valence-corrected chi connectivity index (χ4v) is 3.99. The number of hydrogen-bond acceptors (Lipinski definition) is 7. The second-order valence-corrected chi connectivity index (χ2v) is 8.97. The van der Waals surface area contributed by atoms with Gasteiger partial charge in [-0.3, -0.25) is 10.1 Å². The smallest absolute Gasteiger partial charge is 0.337 e. The van der Waals surface area contributed by atoms with Crippen LogP contribution in [0, 0.1) is 6.92 Å². The zero-order valence-electron chi connectivity index (χ0n) is 22.2. The number of nitrogens with one attached hydrogen (secondary N) is 1. The maximum Gasteiger partial charge on any atom is 0.337 e. The first-order chi connectivity index (χ1) is 18.2. The number of esters is 1. The zero-order chi connectivity index (χ0) is 27.9. The first-order valence-electron chi connectivity index (χ1n) is 12.0. The summed E-state index contributed by atoms with van der Waals surface area (Å²) in [7, 11) is 4.43. The zero-order valence-corrected chi connectivity index (χ0v) is 22.2. The molecule has 0 heterocycles. The van der Waals surface area contributed by atoms with E-state index in [0.717, 1.165) is 27.8 Å². The molecule has 3 rings (SSSR count). The average molecular weight is 520 g/mol. The maximum absolute atomic E-state index is 11.7. The van der Waals surface area contributed by atoms with Gasteiger partial charge in [-0.15, -0.1) is 0 Å². The molecule has 8 heteroatoms. The summed E-state index contributed by atoms with van der Waals surface area (Å²) in [6.07, 6.45) is 3.95. The SMILES string of the molecule is COC(=O)c1ccc(-c2cccc(/C=C/c3cc(OC)c(CNC(C)(CO)C(=O)O)c(OC)c3)c2C)cc1. The number of ether oxygens (including phenoxy) is 3. The Bertz CT molecular complexity index is 1310. The largest absolute Gasteiger partial charge is 0.496 e. The van der Waals surface area contributed by atoms with Crippen molar-refractivity contribution in [3.05, 3.63) is 82.4 Å². The van der Waals surface area contributed by atoms with Gasteiger partial charge in [0, 0.05) is 12.1 Å². The molecule has 3 N–H and O–H groups in total. The summed E-state index contributed by atoms with van der Waals surface area (Å²) >= 11 is 0. The minimum Gasteiger partial charge on any atom is -0.496 e. The van der Waals surface area contributed by atoms with Crippen LogP contribution in [0.15, 0.2) is 54.6 Å². The Morgan fingerprint density at radius 2 is 1.61 bits per heavy atom. The molecule has 200 valence electrons. The molecule has 0 saturated carbocycles. The molecule has 1 unspecified atom stereocenters. The fraction of sp³-hybridized carbons (Fsp3) is 0.267. The molecule has 8 nitrogen and oxygen atoms in total. The third kappa shape index (κ3) is 6.22. The third-order valence-electron chi connectivity index (χ3n) is 6.52. The summed E-state index contributed by atoms with van der Waals surface area (Å²) in [4.78, 5) is 23.3. The van der Waals surface area contributed by atoms with Crippen LogP contribution in [0.25, 0.3) is 23.3 Å². The topological polar surface area (TPSA) is 114 Å². The number of carbonyl (C=O) groups is 2. The molecule has 0 aromatic heterocycles. The molecule has 0 radical (unpaired) electrons. The Labute approximate surface area is 222 Å². The third-order valence-corrected chi connectivity index (χ3v) is 6.52. The molecule has 3 aromatic carbocycles. The van der Waals surface area contributed by atoms with E-state index in [1.807, 2.05) is 61.5 Å². The quantitative estimate of drug-likeness (QED) is 0.250. The minimum absolute atomic E-state index is 0.121. The number of methoxy groups -OCH3 is 3. The second kappa shape index (κ2) is 12.4. The van der Waals surface area contributed by atoms with Gasteiger partial charge in [0.25, 0.3) is 0 Å². The number of aliphatic hydroxyl groups excluding tert-OH is 1. The molecule has 0 aliphatic heterocycles. The van der Waals surface area contributed by atoms with Crippen molar-refractivity contribution >= 4 is 24.1 Å². The van der Waals surface area contributed by atoms with Crippen molar-refractivity contribution in [2.45, 2.75) is 25.9 Å². The van der Waals surface area contributed by atoms with Crippen molar-refractivity contribution < 1.29 is 34.0 Å². The van der Waals surface area contributed by atoms with E-state index in [9.17, 15) is 19.8 Å². The van der Waals surface area contributed by atoms with E-state index in [0.29, 0.717) is 22.6 Å². The number of benzene rings is 3. The van der Waals surface area contributed by atoms with E-state index in [1.165, 1.54) is 28.3 Å². The Balaban J connectivity index is 1.90. The highest BCUT2D eigenvalue weighted by Gasteiger charge is 2.32. The van der Waals surface area contributed by atoms with Gasteiger partial charge in [0.05, 0.1) is 33.5 Å². The summed E-state index contributed by atoms with van der Waals surface area (Å²) in [5.41, 5.74) is 4.59. The van der Waals surface area contributed by atoms with Crippen LogP contribution in [0.2, 0.25) is 0 Å². The average Bonchev–Trinajstić information content (AvgIpc) is 2.94. The molecular weight excluding hydrogens is 486 g/mol. The van der Waals surface area contributed by atoms with E-state index in [1.54, 1.807) is 12.1 Å². The lowest BCUT2D eigenvalue weighted by atomic mass is 9.95. The summed E-state index contributed by atoms with van der Waals surface area (Å²) in [5.74, 6) is -0.479. The molecule has 1 atom stereocenters. The van der Waals surface area contributed by atoms with Crippen molar-refractivity contribution in [3.8, 4) is 22.6 Å². The molecule has 0 spiro atoms. The van der Waals surface area contributed by atoms with E-state index in [-0.39, 0.29) is 12.5 Å². The van der Waals surface area contributed by atoms with Crippen molar-refractivity contribution in [2.75, 3.05) is 27.9 Å². The van der Waals surface area contributed by atoms with E-state index in [2.05, 4.69) is 5.32 Å². The summed E-state index contributed by atoms with van der Waals surface area (Å²) in [6.45, 7) is 3.01. The van der Waals surface area contributed by atoms with Crippen LogP contribution in [-0.4, -0.2) is 55.6 Å². The van der Waals surface area contributed by atoms with Gasteiger partial charge in [-0.25, -0.2) is 4.79 Å². The first-order valence-corrected chi connectivity index (χ1v) is 12.0. The van der Waals surface area contributed by atoms with Gasteiger partial charge in [-0.2, -0.15) is 0 Å². The highest BCUT2D eigenvalue weighted by molar-refractivity contribution is 5.90. The van der Waals surface area contributed by atoms with Gasteiger partial charge in [0.1, 0.15) is 17.0 Å². The molecule has 0 saturated heterocycles. The predicted octanol–water partition coefficient (Wildman–Crippen LogP) is 4.56. The fourth-order valence-electron chi connectivity index (χ4n) is 3.99.